The van der Waals surface area contributed by atoms with Crippen molar-refractivity contribution >= 4 is 5.97 Å². The molecular weight excluding hydrogens is 188 g/mol. The Kier molecular flexibility index (Phi) is 7.33. The lowest BCUT2D eigenvalue weighted by Gasteiger charge is -1.93. The van der Waals surface area contributed by atoms with Gasteiger partial charge in [0.1, 0.15) is 0 Å². The highest BCUT2D eigenvalue weighted by atomic mass is 16.5. The van der Waals surface area contributed by atoms with Crippen LogP contribution in [0.1, 0.15) is 30.9 Å². The standard InChI is InChI=1S/C8H10.C5H10O2/c1-7-5-3-4-6-8(7)2;1-3-4-5(6)7-2/h3-6H,1-2H3;3-4H2,1-2H3. The molecule has 0 amide bonds. The molecule has 0 N–H and O–H groups in total. The lowest BCUT2D eigenvalue weighted by molar-refractivity contribution is -0.140. The van der Waals surface area contributed by atoms with Crippen LogP contribution in [-0.2, 0) is 9.53 Å². The first-order valence-electron chi connectivity index (χ1n) is 5.20. The topological polar surface area (TPSA) is 26.3 Å². The molecule has 0 atom stereocenters. The quantitative estimate of drug-likeness (QED) is 0.697. The average Bonchev–Trinajstić information content (AvgIpc) is 2.24. The molecule has 1 aromatic carbocycles. The molecule has 15 heavy (non-hydrogen) atoms. The Morgan fingerprint density at radius 2 is 1.67 bits per heavy atom. The van der Waals surface area contributed by atoms with Crippen molar-refractivity contribution in [2.45, 2.75) is 33.6 Å². The molecule has 0 saturated heterocycles. The Hall–Kier alpha value is -1.31. The minimum absolute atomic E-state index is 0.123. The van der Waals surface area contributed by atoms with Crippen LogP contribution in [0, 0.1) is 13.8 Å². The van der Waals surface area contributed by atoms with Crippen molar-refractivity contribution in [2.75, 3.05) is 7.11 Å². The third-order valence-corrected chi connectivity index (χ3v) is 2.11. The minimum atomic E-state index is -0.123. The first-order chi connectivity index (χ1) is 7.11. The summed E-state index contributed by atoms with van der Waals surface area (Å²) in [5.74, 6) is -0.123. The van der Waals surface area contributed by atoms with Crippen molar-refractivity contribution in [1.29, 1.82) is 0 Å². The van der Waals surface area contributed by atoms with Crippen molar-refractivity contribution in [3.8, 4) is 0 Å². The second kappa shape index (κ2) is 8.04. The van der Waals surface area contributed by atoms with Gasteiger partial charge in [-0.2, -0.15) is 0 Å². The normalized spacial score (nSPS) is 8.80. The number of rotatable bonds is 2. The van der Waals surface area contributed by atoms with Crippen LogP contribution >= 0.6 is 0 Å². The zero-order valence-corrected chi connectivity index (χ0v) is 10.0. The Bertz CT molecular complexity index is 271. The average molecular weight is 208 g/mol. The molecule has 0 heterocycles. The first-order valence-corrected chi connectivity index (χ1v) is 5.20. The van der Waals surface area contributed by atoms with Crippen LogP contribution in [-0.4, -0.2) is 13.1 Å². The number of ether oxygens (including phenoxy) is 1. The molecule has 0 aliphatic carbocycles. The lowest BCUT2D eigenvalue weighted by Crippen LogP contribution is -1.97. The molecule has 0 saturated carbocycles. The molecule has 0 bridgehead atoms. The summed E-state index contributed by atoms with van der Waals surface area (Å²) in [7, 11) is 1.40. The van der Waals surface area contributed by atoms with Gasteiger partial charge in [0.15, 0.2) is 0 Å². The maximum Gasteiger partial charge on any atom is 0.305 e. The fourth-order valence-electron chi connectivity index (χ4n) is 0.969. The molecule has 2 heteroatoms. The summed E-state index contributed by atoms with van der Waals surface area (Å²) < 4.78 is 4.35. The monoisotopic (exact) mass is 208 g/mol. The molecule has 0 unspecified atom stereocenters. The van der Waals surface area contributed by atoms with E-state index in [1.165, 1.54) is 18.2 Å². The van der Waals surface area contributed by atoms with Crippen LogP contribution < -0.4 is 0 Å². The van der Waals surface area contributed by atoms with Crippen molar-refractivity contribution in [2.24, 2.45) is 0 Å². The SMILES string of the molecule is CCCC(=O)OC.Cc1ccccc1C. The molecule has 0 aromatic heterocycles. The molecule has 0 aliphatic rings. The number of esters is 1. The summed E-state index contributed by atoms with van der Waals surface area (Å²) in [6.45, 7) is 6.18. The van der Waals surface area contributed by atoms with Crippen LogP contribution in [0.15, 0.2) is 24.3 Å². The van der Waals surface area contributed by atoms with Crippen LogP contribution in [0.4, 0.5) is 0 Å². The van der Waals surface area contributed by atoms with Gasteiger partial charge in [0, 0.05) is 6.42 Å². The van der Waals surface area contributed by atoms with Gasteiger partial charge in [-0.25, -0.2) is 0 Å². The molecule has 0 radical (unpaired) electrons. The molecule has 0 fully saturated rings. The number of benzene rings is 1. The van der Waals surface area contributed by atoms with E-state index in [-0.39, 0.29) is 5.97 Å². The van der Waals surface area contributed by atoms with E-state index in [0.29, 0.717) is 6.42 Å². The van der Waals surface area contributed by atoms with Crippen LogP contribution in [0.3, 0.4) is 0 Å². The third-order valence-electron chi connectivity index (χ3n) is 2.11. The second-order valence-electron chi connectivity index (χ2n) is 3.41. The second-order valence-corrected chi connectivity index (χ2v) is 3.41. The van der Waals surface area contributed by atoms with Crippen molar-refractivity contribution in [3.63, 3.8) is 0 Å². The predicted octanol–water partition coefficient (Wildman–Crippen LogP) is 3.26. The fraction of sp³-hybridized carbons (Fsp3) is 0.462. The fourth-order valence-corrected chi connectivity index (χ4v) is 0.969. The van der Waals surface area contributed by atoms with Crippen molar-refractivity contribution < 1.29 is 9.53 Å². The molecule has 1 rings (SSSR count). The van der Waals surface area contributed by atoms with E-state index in [2.05, 4.69) is 42.8 Å². The number of methoxy groups -OCH3 is 1. The van der Waals surface area contributed by atoms with E-state index in [0.717, 1.165) is 6.42 Å². The van der Waals surface area contributed by atoms with Gasteiger partial charge in [-0.3, -0.25) is 4.79 Å². The van der Waals surface area contributed by atoms with Gasteiger partial charge in [0.25, 0.3) is 0 Å². The summed E-state index contributed by atoms with van der Waals surface area (Å²) >= 11 is 0. The van der Waals surface area contributed by atoms with E-state index in [9.17, 15) is 4.79 Å². The van der Waals surface area contributed by atoms with Gasteiger partial charge < -0.3 is 4.74 Å². The van der Waals surface area contributed by atoms with Crippen LogP contribution in [0.2, 0.25) is 0 Å². The largest absolute Gasteiger partial charge is 0.469 e. The highest BCUT2D eigenvalue weighted by Gasteiger charge is 1.92. The summed E-state index contributed by atoms with van der Waals surface area (Å²) in [6, 6.07) is 8.36. The Morgan fingerprint density at radius 3 is 1.87 bits per heavy atom. The van der Waals surface area contributed by atoms with E-state index < -0.39 is 0 Å². The van der Waals surface area contributed by atoms with Crippen LogP contribution in [0.5, 0.6) is 0 Å². The van der Waals surface area contributed by atoms with Gasteiger partial charge >= 0.3 is 5.97 Å². The van der Waals surface area contributed by atoms with E-state index in [1.54, 1.807) is 0 Å². The number of carbonyl (C=O) groups excluding carboxylic acids is 1. The molecule has 84 valence electrons. The van der Waals surface area contributed by atoms with Gasteiger partial charge in [0.2, 0.25) is 0 Å². The summed E-state index contributed by atoms with van der Waals surface area (Å²) in [6.07, 6.45) is 1.41. The predicted molar refractivity (Wildman–Crippen MR) is 62.8 cm³/mol. The summed E-state index contributed by atoms with van der Waals surface area (Å²) in [5.41, 5.74) is 2.74. The summed E-state index contributed by atoms with van der Waals surface area (Å²) in [5, 5.41) is 0. The highest BCUT2D eigenvalue weighted by Crippen LogP contribution is 2.02. The molecular formula is C13H20O2. The Labute approximate surface area is 92.3 Å². The molecule has 2 nitrogen and oxygen atoms in total. The van der Waals surface area contributed by atoms with Crippen molar-refractivity contribution in [3.05, 3.63) is 35.4 Å². The summed E-state index contributed by atoms with van der Waals surface area (Å²) in [4.78, 5) is 10.2. The number of hydrogen-bond donors (Lipinski definition) is 0. The van der Waals surface area contributed by atoms with Gasteiger partial charge in [-0.05, 0) is 31.4 Å². The number of hydrogen-bond acceptors (Lipinski definition) is 2. The van der Waals surface area contributed by atoms with E-state index in [4.69, 9.17) is 0 Å². The van der Waals surface area contributed by atoms with Gasteiger partial charge in [-0.1, -0.05) is 31.2 Å². The maximum atomic E-state index is 10.2. The molecule has 1 aromatic rings. The minimum Gasteiger partial charge on any atom is -0.469 e. The highest BCUT2D eigenvalue weighted by molar-refractivity contribution is 5.68. The first kappa shape index (κ1) is 13.7. The van der Waals surface area contributed by atoms with Gasteiger partial charge in [-0.15, -0.1) is 0 Å². The van der Waals surface area contributed by atoms with Crippen LogP contribution in [0.25, 0.3) is 0 Å². The zero-order valence-electron chi connectivity index (χ0n) is 10.0. The smallest absolute Gasteiger partial charge is 0.305 e. The molecule has 0 aliphatic heterocycles. The third kappa shape index (κ3) is 6.72. The Balaban J connectivity index is 0.000000265. The number of carbonyl (C=O) groups is 1. The maximum absolute atomic E-state index is 10.2. The van der Waals surface area contributed by atoms with Crippen molar-refractivity contribution in [1.82, 2.24) is 0 Å². The molecule has 0 spiro atoms. The number of aryl methyl sites for hydroxylation is 2. The van der Waals surface area contributed by atoms with Gasteiger partial charge in [0.05, 0.1) is 7.11 Å². The van der Waals surface area contributed by atoms with E-state index in [1.807, 2.05) is 6.92 Å². The lowest BCUT2D eigenvalue weighted by atomic mass is 10.1. The zero-order chi connectivity index (χ0) is 11.7. The Morgan fingerprint density at radius 1 is 1.20 bits per heavy atom. The van der Waals surface area contributed by atoms with E-state index >= 15 is 0 Å².